The molecule has 0 aliphatic carbocycles. The van der Waals surface area contributed by atoms with E-state index in [1.807, 2.05) is 13.8 Å². The van der Waals surface area contributed by atoms with Crippen LogP contribution in [0.25, 0.3) is 0 Å². The van der Waals surface area contributed by atoms with Crippen LogP contribution in [0.1, 0.15) is 24.2 Å². The predicted molar refractivity (Wildman–Crippen MR) is 85.8 cm³/mol. The van der Waals surface area contributed by atoms with Gasteiger partial charge < -0.3 is 8.92 Å². The molecule has 2 aromatic carbocycles. The second-order valence-electron chi connectivity index (χ2n) is 5.34. The van der Waals surface area contributed by atoms with Crippen LogP contribution in [0, 0.1) is 5.92 Å². The van der Waals surface area contributed by atoms with E-state index in [9.17, 15) is 13.2 Å². The Labute approximate surface area is 136 Å². The lowest BCUT2D eigenvalue weighted by Gasteiger charge is -2.12. The maximum Gasteiger partial charge on any atom is 0.341 e. The quantitative estimate of drug-likeness (QED) is 0.599. The van der Waals surface area contributed by atoms with E-state index in [4.69, 9.17) is 8.92 Å². The van der Waals surface area contributed by atoms with Crippen molar-refractivity contribution in [3.63, 3.8) is 0 Å². The van der Waals surface area contributed by atoms with Gasteiger partial charge in [-0.2, -0.15) is 8.42 Å². The lowest BCUT2D eigenvalue weighted by atomic mass is 10.2. The molecule has 2 aromatic rings. The van der Waals surface area contributed by atoms with E-state index in [0.29, 0.717) is 0 Å². The first-order chi connectivity index (χ1) is 10.9. The van der Waals surface area contributed by atoms with Crippen LogP contribution in [0.4, 0.5) is 0 Å². The second kappa shape index (κ2) is 7.28. The molecule has 0 heterocycles. The van der Waals surface area contributed by atoms with Gasteiger partial charge in [-0.15, -0.1) is 0 Å². The van der Waals surface area contributed by atoms with Crippen molar-refractivity contribution in [3.05, 3.63) is 60.2 Å². The molecule has 0 N–H and O–H groups in total. The molecule has 0 unspecified atom stereocenters. The Morgan fingerprint density at radius 2 is 1.61 bits per heavy atom. The highest BCUT2D eigenvalue weighted by atomic mass is 32.2. The first-order valence-electron chi connectivity index (χ1n) is 7.16. The van der Waals surface area contributed by atoms with E-state index in [-0.39, 0.29) is 28.7 Å². The van der Waals surface area contributed by atoms with Gasteiger partial charge in [-0.05, 0) is 30.2 Å². The van der Waals surface area contributed by atoms with E-state index in [2.05, 4.69) is 0 Å². The molecule has 2 rings (SSSR count). The average molecular weight is 334 g/mol. The van der Waals surface area contributed by atoms with Gasteiger partial charge in [0.1, 0.15) is 10.5 Å². The van der Waals surface area contributed by atoms with Gasteiger partial charge in [-0.3, -0.25) is 0 Å². The minimum Gasteiger partial charge on any atom is -0.462 e. The normalized spacial score (nSPS) is 11.3. The van der Waals surface area contributed by atoms with Crippen molar-refractivity contribution in [1.29, 1.82) is 0 Å². The maximum atomic E-state index is 12.3. The Balaban J connectivity index is 2.26. The molecule has 0 aliphatic rings. The fourth-order valence-corrected chi connectivity index (χ4v) is 2.75. The summed E-state index contributed by atoms with van der Waals surface area (Å²) < 4.78 is 34.8. The largest absolute Gasteiger partial charge is 0.462 e. The van der Waals surface area contributed by atoms with Crippen LogP contribution in [0.3, 0.4) is 0 Å². The van der Waals surface area contributed by atoms with Crippen LogP contribution in [0.2, 0.25) is 0 Å². The first kappa shape index (κ1) is 17.0. The molecule has 5 nitrogen and oxygen atoms in total. The van der Waals surface area contributed by atoms with Crippen LogP contribution in [-0.4, -0.2) is 21.0 Å². The molecule has 0 saturated carbocycles. The highest BCUT2D eigenvalue weighted by molar-refractivity contribution is 7.87. The van der Waals surface area contributed by atoms with Gasteiger partial charge in [0, 0.05) is 0 Å². The molecule has 0 aliphatic heterocycles. The summed E-state index contributed by atoms with van der Waals surface area (Å²) in [5.41, 5.74) is 0.0765. The van der Waals surface area contributed by atoms with E-state index in [1.165, 1.54) is 24.3 Å². The Morgan fingerprint density at radius 1 is 1.00 bits per heavy atom. The van der Waals surface area contributed by atoms with Gasteiger partial charge >= 0.3 is 16.1 Å². The highest BCUT2D eigenvalue weighted by Gasteiger charge is 2.21. The molecule has 0 atom stereocenters. The molecular weight excluding hydrogens is 316 g/mol. The van der Waals surface area contributed by atoms with Crippen molar-refractivity contribution in [2.24, 2.45) is 5.92 Å². The zero-order valence-electron chi connectivity index (χ0n) is 12.9. The van der Waals surface area contributed by atoms with Crippen molar-refractivity contribution in [1.82, 2.24) is 0 Å². The smallest absolute Gasteiger partial charge is 0.341 e. The third-order valence-corrected chi connectivity index (χ3v) is 4.13. The van der Waals surface area contributed by atoms with Gasteiger partial charge in [0.25, 0.3) is 0 Å². The van der Waals surface area contributed by atoms with Gasteiger partial charge in [0.15, 0.2) is 5.75 Å². The number of carbonyl (C=O) groups excluding carboxylic acids is 1. The van der Waals surface area contributed by atoms with Gasteiger partial charge in [-0.25, -0.2) is 4.79 Å². The summed E-state index contributed by atoms with van der Waals surface area (Å²) in [6, 6.07) is 13.9. The Morgan fingerprint density at radius 3 is 2.26 bits per heavy atom. The number of hydrogen-bond acceptors (Lipinski definition) is 5. The fourth-order valence-electron chi connectivity index (χ4n) is 1.78. The maximum absolute atomic E-state index is 12.3. The average Bonchev–Trinajstić information content (AvgIpc) is 2.53. The third kappa shape index (κ3) is 4.56. The summed E-state index contributed by atoms with van der Waals surface area (Å²) in [5, 5.41) is 0. The summed E-state index contributed by atoms with van der Waals surface area (Å²) in [5.74, 6) is -0.484. The lowest BCUT2D eigenvalue weighted by molar-refractivity contribution is 0.0457. The zero-order valence-corrected chi connectivity index (χ0v) is 13.7. The minimum atomic E-state index is -4.01. The molecule has 23 heavy (non-hydrogen) atoms. The van der Waals surface area contributed by atoms with Crippen molar-refractivity contribution in [2.75, 3.05) is 6.61 Å². The zero-order chi connectivity index (χ0) is 16.9. The number of rotatable bonds is 6. The Kier molecular flexibility index (Phi) is 5.39. The van der Waals surface area contributed by atoms with Crippen LogP contribution in [0.5, 0.6) is 5.75 Å². The van der Waals surface area contributed by atoms with Crippen LogP contribution < -0.4 is 4.18 Å². The summed E-state index contributed by atoms with van der Waals surface area (Å²) in [4.78, 5) is 12.1. The topological polar surface area (TPSA) is 69.7 Å². The lowest BCUT2D eigenvalue weighted by Crippen LogP contribution is -2.15. The van der Waals surface area contributed by atoms with E-state index in [0.717, 1.165) is 0 Å². The molecule has 122 valence electrons. The van der Waals surface area contributed by atoms with Crippen LogP contribution in [0.15, 0.2) is 59.5 Å². The molecule has 0 spiro atoms. The summed E-state index contributed by atoms with van der Waals surface area (Å²) >= 11 is 0. The number of esters is 1. The van der Waals surface area contributed by atoms with Crippen LogP contribution >= 0.6 is 0 Å². The van der Waals surface area contributed by atoms with Crippen molar-refractivity contribution in [2.45, 2.75) is 18.7 Å². The van der Waals surface area contributed by atoms with E-state index < -0.39 is 16.1 Å². The Bertz CT molecular complexity index is 767. The number of benzene rings is 2. The molecular formula is C17H18O5S. The molecule has 6 heteroatoms. The van der Waals surface area contributed by atoms with E-state index >= 15 is 0 Å². The standard InChI is InChI=1S/C17H18O5S/c1-13(2)12-21-17(18)15-10-6-7-11-16(15)22-23(19,20)14-8-4-3-5-9-14/h3-11,13H,12H2,1-2H3. The summed E-state index contributed by atoms with van der Waals surface area (Å²) in [6.07, 6.45) is 0. The summed E-state index contributed by atoms with van der Waals surface area (Å²) in [6.45, 7) is 4.07. The minimum absolute atomic E-state index is 0.0188. The highest BCUT2D eigenvalue weighted by Crippen LogP contribution is 2.23. The van der Waals surface area contributed by atoms with Crippen LogP contribution in [-0.2, 0) is 14.9 Å². The van der Waals surface area contributed by atoms with Crippen molar-refractivity contribution >= 4 is 16.1 Å². The monoisotopic (exact) mass is 334 g/mol. The predicted octanol–water partition coefficient (Wildman–Crippen LogP) is 3.27. The second-order valence-corrected chi connectivity index (χ2v) is 6.89. The SMILES string of the molecule is CC(C)COC(=O)c1ccccc1OS(=O)(=O)c1ccccc1. The van der Waals surface area contributed by atoms with Gasteiger partial charge in [0.2, 0.25) is 0 Å². The first-order valence-corrected chi connectivity index (χ1v) is 8.56. The third-order valence-electron chi connectivity index (χ3n) is 2.89. The molecule has 0 saturated heterocycles. The van der Waals surface area contributed by atoms with Gasteiger partial charge in [-0.1, -0.05) is 44.2 Å². The number of hydrogen-bond donors (Lipinski definition) is 0. The molecule has 0 aromatic heterocycles. The van der Waals surface area contributed by atoms with Crippen molar-refractivity contribution < 1.29 is 22.1 Å². The van der Waals surface area contributed by atoms with E-state index in [1.54, 1.807) is 30.3 Å². The fraction of sp³-hybridized carbons (Fsp3) is 0.235. The number of ether oxygens (including phenoxy) is 1. The van der Waals surface area contributed by atoms with Gasteiger partial charge in [0.05, 0.1) is 6.61 Å². The Hall–Kier alpha value is -2.34. The number of para-hydroxylation sites is 1. The summed E-state index contributed by atoms with van der Waals surface area (Å²) in [7, 11) is -4.01. The molecule has 0 fully saturated rings. The number of carbonyl (C=O) groups is 1. The molecule has 0 radical (unpaired) electrons. The van der Waals surface area contributed by atoms with Crippen molar-refractivity contribution in [3.8, 4) is 5.75 Å². The molecule has 0 amide bonds. The molecule has 0 bridgehead atoms.